The summed E-state index contributed by atoms with van der Waals surface area (Å²) in [5.74, 6) is 3.84. The van der Waals surface area contributed by atoms with E-state index in [0.29, 0.717) is 12.4 Å². The molecular formula is C39H60O3. The number of fused-ring (bicyclic) bond motifs is 3. The van der Waals surface area contributed by atoms with Crippen molar-refractivity contribution < 1.29 is 14.6 Å². The number of benzene rings is 2. The Bertz CT molecular complexity index is 1170. The summed E-state index contributed by atoms with van der Waals surface area (Å²) in [5, 5.41) is 10.3. The molecule has 3 atom stereocenters. The van der Waals surface area contributed by atoms with Crippen LogP contribution in [0.2, 0.25) is 0 Å². The second-order valence-corrected chi connectivity index (χ2v) is 13.8. The predicted molar refractivity (Wildman–Crippen MR) is 180 cm³/mol. The molecule has 3 unspecified atom stereocenters. The highest BCUT2D eigenvalue weighted by molar-refractivity contribution is 5.80. The summed E-state index contributed by atoms with van der Waals surface area (Å²) in [6.07, 6.45) is 16.1. The molecule has 0 aliphatic heterocycles. The van der Waals surface area contributed by atoms with E-state index in [4.69, 9.17) is 9.47 Å². The van der Waals surface area contributed by atoms with E-state index in [2.05, 4.69) is 66.7 Å². The molecule has 0 spiro atoms. The van der Waals surface area contributed by atoms with Crippen molar-refractivity contribution in [3.05, 3.63) is 57.7 Å². The smallest absolute Gasteiger partial charge is 0.122 e. The van der Waals surface area contributed by atoms with E-state index in [1.807, 2.05) is 13.0 Å². The zero-order chi connectivity index (χ0) is 30.8. The molecule has 0 amide bonds. The van der Waals surface area contributed by atoms with Crippen LogP contribution in [0, 0.1) is 31.6 Å². The Morgan fingerprint density at radius 2 is 1.48 bits per heavy atom. The normalized spacial score (nSPS) is 15.3. The van der Waals surface area contributed by atoms with Gasteiger partial charge in [-0.3, -0.25) is 0 Å². The lowest BCUT2D eigenvalue weighted by molar-refractivity contribution is 0.0883. The lowest BCUT2D eigenvalue weighted by Gasteiger charge is -2.29. The first-order chi connectivity index (χ1) is 20.0. The average Bonchev–Trinajstić information content (AvgIpc) is 2.94. The second-order valence-electron chi connectivity index (χ2n) is 13.8. The maximum atomic E-state index is 10.3. The first-order valence-electron chi connectivity index (χ1n) is 16.8. The Kier molecular flexibility index (Phi) is 13.5. The zero-order valence-electron chi connectivity index (χ0n) is 28.4. The summed E-state index contributed by atoms with van der Waals surface area (Å²) in [5.41, 5.74) is 9.89. The lowest BCUT2D eigenvalue weighted by atomic mass is 9.78. The van der Waals surface area contributed by atoms with E-state index in [0.717, 1.165) is 48.3 Å². The van der Waals surface area contributed by atoms with Crippen molar-refractivity contribution in [3.63, 3.8) is 0 Å². The first kappa shape index (κ1) is 34.2. The van der Waals surface area contributed by atoms with Crippen LogP contribution < -0.4 is 4.74 Å². The molecule has 0 heterocycles. The molecule has 2 aromatic carbocycles. The quantitative estimate of drug-likeness (QED) is 0.190. The highest BCUT2D eigenvalue weighted by atomic mass is 16.5. The molecule has 3 rings (SSSR count). The number of ether oxygens (including phenoxy) is 2. The molecule has 1 N–H and O–H groups in total. The van der Waals surface area contributed by atoms with Crippen molar-refractivity contribution in [1.82, 2.24) is 0 Å². The van der Waals surface area contributed by atoms with Crippen LogP contribution in [-0.4, -0.2) is 18.8 Å². The van der Waals surface area contributed by atoms with E-state index in [9.17, 15) is 5.11 Å². The van der Waals surface area contributed by atoms with Gasteiger partial charge in [0, 0.05) is 0 Å². The van der Waals surface area contributed by atoms with Crippen LogP contribution >= 0.6 is 0 Å². The fourth-order valence-corrected chi connectivity index (χ4v) is 6.78. The van der Waals surface area contributed by atoms with Gasteiger partial charge in [0.05, 0.1) is 19.8 Å². The number of allylic oxidation sites excluding steroid dienone is 1. The summed E-state index contributed by atoms with van der Waals surface area (Å²) in [4.78, 5) is 0. The molecule has 2 aromatic rings. The van der Waals surface area contributed by atoms with Gasteiger partial charge >= 0.3 is 0 Å². The number of rotatable bonds is 17. The maximum Gasteiger partial charge on any atom is 0.122 e. The predicted octanol–water partition coefficient (Wildman–Crippen LogP) is 11.2. The largest absolute Gasteiger partial charge is 0.508 e. The van der Waals surface area contributed by atoms with Gasteiger partial charge in [-0.15, -0.1) is 0 Å². The topological polar surface area (TPSA) is 38.7 Å². The van der Waals surface area contributed by atoms with E-state index < -0.39 is 0 Å². The van der Waals surface area contributed by atoms with Gasteiger partial charge in [-0.2, -0.15) is 0 Å². The van der Waals surface area contributed by atoms with E-state index >= 15 is 0 Å². The van der Waals surface area contributed by atoms with Crippen molar-refractivity contribution >= 4 is 0 Å². The molecule has 0 radical (unpaired) electrons. The van der Waals surface area contributed by atoms with Crippen molar-refractivity contribution in [1.29, 1.82) is 0 Å². The SMILES string of the molecule is COc1cc(C(C)OC/C=C(\C)CCCC(C)CCCC(C)CCCC(C)C)c2c(c1C)CCc1c-2ccc(O)c1C. The van der Waals surface area contributed by atoms with Crippen molar-refractivity contribution in [2.75, 3.05) is 13.7 Å². The van der Waals surface area contributed by atoms with Crippen LogP contribution in [0.4, 0.5) is 0 Å². The number of phenolic OH excluding ortho intramolecular Hbond substituents is 1. The molecule has 0 saturated heterocycles. The number of hydrogen-bond acceptors (Lipinski definition) is 3. The monoisotopic (exact) mass is 576 g/mol. The number of phenols is 1. The minimum atomic E-state index is -0.0647. The molecule has 1 aliphatic rings. The van der Waals surface area contributed by atoms with Crippen LogP contribution in [0.1, 0.15) is 133 Å². The molecule has 1 aliphatic carbocycles. The minimum Gasteiger partial charge on any atom is -0.508 e. The Morgan fingerprint density at radius 1 is 0.857 bits per heavy atom. The van der Waals surface area contributed by atoms with Crippen molar-refractivity contribution in [2.45, 2.75) is 132 Å². The third-order valence-electron chi connectivity index (χ3n) is 9.74. The third kappa shape index (κ3) is 9.37. The van der Waals surface area contributed by atoms with Gasteiger partial charge in [0.2, 0.25) is 0 Å². The Balaban J connectivity index is 1.51. The van der Waals surface area contributed by atoms with Gasteiger partial charge < -0.3 is 14.6 Å². The van der Waals surface area contributed by atoms with E-state index in [1.165, 1.54) is 90.3 Å². The van der Waals surface area contributed by atoms with Gasteiger partial charge in [-0.05, 0) is 122 Å². The molecule has 0 aromatic heterocycles. The van der Waals surface area contributed by atoms with Gasteiger partial charge in [0.25, 0.3) is 0 Å². The minimum absolute atomic E-state index is 0.0647. The lowest BCUT2D eigenvalue weighted by Crippen LogP contribution is -2.13. The fraction of sp³-hybridized carbons (Fsp3) is 0.641. The van der Waals surface area contributed by atoms with Gasteiger partial charge in [0.1, 0.15) is 11.5 Å². The highest BCUT2D eigenvalue weighted by Crippen LogP contribution is 2.45. The molecule has 3 nitrogen and oxygen atoms in total. The summed E-state index contributed by atoms with van der Waals surface area (Å²) in [7, 11) is 1.76. The Labute approximate surface area is 258 Å². The molecule has 3 heteroatoms. The maximum absolute atomic E-state index is 10.3. The van der Waals surface area contributed by atoms with Crippen molar-refractivity contribution in [3.8, 4) is 22.6 Å². The van der Waals surface area contributed by atoms with Crippen LogP contribution in [0.25, 0.3) is 11.1 Å². The summed E-state index contributed by atoms with van der Waals surface area (Å²) in [6.45, 7) is 18.8. The van der Waals surface area contributed by atoms with Crippen LogP contribution in [0.3, 0.4) is 0 Å². The molecule has 42 heavy (non-hydrogen) atoms. The standard InChI is InChI=1S/C39H60O3/c1-26(2)13-10-14-27(3)15-11-16-28(4)17-12-18-29(5)23-24-42-32(8)36-25-38(41-9)31(7)34-20-19-33-30(6)37(40)22-21-35(33)39(34)36/h21-23,25-28,32,40H,10-20,24H2,1-9H3/b29-23+. The fourth-order valence-electron chi connectivity index (χ4n) is 6.78. The number of aromatic hydroxyl groups is 1. The zero-order valence-corrected chi connectivity index (χ0v) is 28.4. The summed E-state index contributed by atoms with van der Waals surface area (Å²) < 4.78 is 12.2. The molecule has 0 fully saturated rings. The van der Waals surface area contributed by atoms with Crippen LogP contribution in [-0.2, 0) is 17.6 Å². The Morgan fingerprint density at radius 3 is 2.12 bits per heavy atom. The molecule has 234 valence electrons. The second kappa shape index (κ2) is 16.6. The summed E-state index contributed by atoms with van der Waals surface area (Å²) >= 11 is 0. The summed E-state index contributed by atoms with van der Waals surface area (Å²) in [6, 6.07) is 6.08. The van der Waals surface area contributed by atoms with Gasteiger partial charge in [0.15, 0.2) is 0 Å². The number of methoxy groups -OCH3 is 1. The van der Waals surface area contributed by atoms with E-state index in [-0.39, 0.29) is 6.10 Å². The van der Waals surface area contributed by atoms with Crippen LogP contribution in [0.15, 0.2) is 29.8 Å². The Hall–Kier alpha value is -2.26. The van der Waals surface area contributed by atoms with Gasteiger partial charge in [-0.25, -0.2) is 0 Å². The number of hydrogen-bond donors (Lipinski definition) is 1. The van der Waals surface area contributed by atoms with Crippen LogP contribution in [0.5, 0.6) is 11.5 Å². The van der Waals surface area contributed by atoms with E-state index in [1.54, 1.807) is 7.11 Å². The third-order valence-corrected chi connectivity index (χ3v) is 9.74. The highest BCUT2D eigenvalue weighted by Gasteiger charge is 2.27. The molecule has 0 bridgehead atoms. The van der Waals surface area contributed by atoms with Crippen molar-refractivity contribution in [2.24, 2.45) is 17.8 Å². The first-order valence-corrected chi connectivity index (χ1v) is 16.8. The van der Waals surface area contributed by atoms with Gasteiger partial charge in [-0.1, -0.05) is 90.4 Å². The molecular weight excluding hydrogens is 516 g/mol. The average molecular weight is 577 g/mol. The molecule has 0 saturated carbocycles.